The van der Waals surface area contributed by atoms with E-state index in [1.165, 1.54) is 10.6 Å². The van der Waals surface area contributed by atoms with Gasteiger partial charge in [-0.2, -0.15) is 5.10 Å². The quantitative estimate of drug-likeness (QED) is 0.489. The Morgan fingerprint density at radius 2 is 1.78 bits per heavy atom. The molecule has 2 saturated heterocycles. The van der Waals surface area contributed by atoms with Crippen molar-refractivity contribution in [3.8, 4) is 11.3 Å². The molecule has 2 aliphatic heterocycles. The average Bonchev–Trinajstić information content (AvgIpc) is 3.31. The molecular weight excluding hydrogens is 460 g/mol. The summed E-state index contributed by atoms with van der Waals surface area (Å²) in [4.78, 5) is 29.1. The van der Waals surface area contributed by atoms with E-state index in [0.717, 1.165) is 48.5 Å². The number of H-pyrrole nitrogens is 1. The van der Waals surface area contributed by atoms with E-state index in [4.69, 9.17) is 4.98 Å². The highest BCUT2D eigenvalue weighted by Gasteiger charge is 2.33. The molecule has 2 aliphatic rings. The predicted octanol–water partition coefficient (Wildman–Crippen LogP) is 2.10. The number of aromatic amines is 1. The van der Waals surface area contributed by atoms with Crippen LogP contribution in [-0.4, -0.2) is 110 Å². The molecule has 0 spiro atoms. The first-order chi connectivity index (χ1) is 17.4. The zero-order valence-corrected chi connectivity index (χ0v) is 21.0. The maximum absolute atomic E-state index is 11.5. The van der Waals surface area contributed by atoms with Crippen LogP contribution in [0.15, 0.2) is 30.5 Å². The molecule has 2 fully saturated rings. The molecule has 0 aliphatic carbocycles. The van der Waals surface area contributed by atoms with Crippen LogP contribution in [0.1, 0.15) is 20.8 Å². The summed E-state index contributed by atoms with van der Waals surface area (Å²) in [6, 6.07) is 8.51. The van der Waals surface area contributed by atoms with Gasteiger partial charge in [0.15, 0.2) is 0 Å². The summed E-state index contributed by atoms with van der Waals surface area (Å²) in [6.07, 6.45) is 0.852. The van der Waals surface area contributed by atoms with Crippen molar-refractivity contribution in [1.29, 1.82) is 0 Å². The molecule has 0 saturated carbocycles. The third-order valence-corrected chi connectivity index (χ3v) is 7.42. The van der Waals surface area contributed by atoms with Gasteiger partial charge in [-0.15, -0.1) is 0 Å². The second-order valence-electron chi connectivity index (χ2n) is 9.90. The standard InChI is InChI=1S/C25H34N8O3/c1-16-13-32(25(35)36)14-17(2)33(16)24-26-12-21-23(27-24)22(29-28-21)19-4-6-20(7-5-19)31-10-8-30(9-11-31)18(3)15-34/h4-7,12,16-18,34H,8-11,13-15H2,1-3H3,(H,28,29)(H,35,36)/t16-,17+,18?. The topological polar surface area (TPSA) is 125 Å². The summed E-state index contributed by atoms with van der Waals surface area (Å²) in [6.45, 7) is 10.8. The zero-order valence-electron chi connectivity index (χ0n) is 21.0. The van der Waals surface area contributed by atoms with Crippen LogP contribution in [0.5, 0.6) is 0 Å². The first-order valence-corrected chi connectivity index (χ1v) is 12.5. The maximum Gasteiger partial charge on any atom is 0.407 e. The largest absolute Gasteiger partial charge is 0.465 e. The fourth-order valence-corrected chi connectivity index (χ4v) is 5.37. The molecule has 1 aromatic carbocycles. The normalized spacial score (nSPS) is 22.3. The number of anilines is 2. The fourth-order valence-electron chi connectivity index (χ4n) is 5.37. The van der Waals surface area contributed by atoms with Crippen LogP contribution in [0.4, 0.5) is 16.4 Å². The van der Waals surface area contributed by atoms with Crippen molar-refractivity contribution < 1.29 is 15.0 Å². The number of nitrogens with zero attached hydrogens (tertiary/aromatic N) is 7. The lowest BCUT2D eigenvalue weighted by molar-refractivity contribution is 0.128. The number of carbonyl (C=O) groups is 1. The SMILES string of the molecule is CC(CO)N1CCN(c2ccc(-c3n[nH]c4cnc(N5[C@H](C)CN(C(=O)O)C[C@@H]5C)nc34)cc2)CC1. The van der Waals surface area contributed by atoms with Gasteiger partial charge in [0.1, 0.15) is 16.7 Å². The van der Waals surface area contributed by atoms with Crippen molar-refractivity contribution >= 4 is 28.8 Å². The van der Waals surface area contributed by atoms with Crippen molar-refractivity contribution in [3.05, 3.63) is 30.5 Å². The number of nitrogens with one attached hydrogen (secondary N) is 1. The molecule has 36 heavy (non-hydrogen) atoms. The number of amides is 1. The van der Waals surface area contributed by atoms with Gasteiger partial charge in [0.05, 0.1) is 12.8 Å². The van der Waals surface area contributed by atoms with Gasteiger partial charge < -0.3 is 24.9 Å². The van der Waals surface area contributed by atoms with Gasteiger partial charge in [-0.3, -0.25) is 10.00 Å². The van der Waals surface area contributed by atoms with Crippen LogP contribution in [0.25, 0.3) is 22.3 Å². The molecule has 3 N–H and O–H groups in total. The molecule has 1 amide bonds. The minimum atomic E-state index is -0.896. The number of hydrogen-bond acceptors (Lipinski definition) is 8. The number of hydrogen-bond donors (Lipinski definition) is 3. The molecule has 3 aromatic rings. The average molecular weight is 495 g/mol. The molecule has 0 radical (unpaired) electrons. The Hall–Kier alpha value is -3.44. The lowest BCUT2D eigenvalue weighted by Crippen LogP contribution is -2.58. The van der Waals surface area contributed by atoms with Crippen molar-refractivity contribution in [2.75, 3.05) is 55.7 Å². The Morgan fingerprint density at radius 3 is 2.39 bits per heavy atom. The lowest BCUT2D eigenvalue weighted by Gasteiger charge is -2.43. The van der Waals surface area contributed by atoms with Gasteiger partial charge in [0.25, 0.3) is 0 Å². The Balaban J connectivity index is 1.35. The van der Waals surface area contributed by atoms with Crippen LogP contribution in [0.2, 0.25) is 0 Å². The number of fused-ring (bicyclic) bond motifs is 1. The van der Waals surface area contributed by atoms with E-state index in [-0.39, 0.29) is 24.7 Å². The second kappa shape index (κ2) is 9.90. The van der Waals surface area contributed by atoms with E-state index >= 15 is 0 Å². The third-order valence-electron chi connectivity index (χ3n) is 7.42. The smallest absolute Gasteiger partial charge is 0.407 e. The van der Waals surface area contributed by atoms with Gasteiger partial charge in [-0.25, -0.2) is 14.8 Å². The molecule has 11 nitrogen and oxygen atoms in total. The van der Waals surface area contributed by atoms with E-state index in [2.05, 4.69) is 61.1 Å². The third kappa shape index (κ3) is 4.56. The highest BCUT2D eigenvalue weighted by molar-refractivity contribution is 5.90. The van der Waals surface area contributed by atoms with Gasteiger partial charge in [0.2, 0.25) is 5.95 Å². The molecule has 5 rings (SSSR count). The summed E-state index contributed by atoms with van der Waals surface area (Å²) in [7, 11) is 0. The molecule has 192 valence electrons. The van der Waals surface area contributed by atoms with E-state index in [1.807, 2.05) is 13.8 Å². The highest BCUT2D eigenvalue weighted by atomic mass is 16.4. The summed E-state index contributed by atoms with van der Waals surface area (Å²) in [5.41, 5.74) is 4.42. The second-order valence-corrected chi connectivity index (χ2v) is 9.90. The molecule has 3 atom stereocenters. The number of aliphatic hydroxyl groups excluding tert-OH is 1. The van der Waals surface area contributed by atoms with Crippen LogP contribution in [0, 0.1) is 0 Å². The Labute approximate surface area is 210 Å². The van der Waals surface area contributed by atoms with E-state index in [1.54, 1.807) is 6.20 Å². The summed E-state index contributed by atoms with van der Waals surface area (Å²) in [5, 5.41) is 26.4. The van der Waals surface area contributed by atoms with Gasteiger partial charge in [-0.1, -0.05) is 12.1 Å². The first kappa shape index (κ1) is 24.3. The minimum Gasteiger partial charge on any atom is -0.465 e. The summed E-state index contributed by atoms with van der Waals surface area (Å²) in [5.74, 6) is 0.585. The zero-order chi connectivity index (χ0) is 25.4. The first-order valence-electron chi connectivity index (χ1n) is 12.5. The van der Waals surface area contributed by atoms with Crippen molar-refractivity contribution in [2.24, 2.45) is 0 Å². The Bertz CT molecular complexity index is 1200. The molecule has 4 heterocycles. The lowest BCUT2D eigenvalue weighted by atomic mass is 10.1. The number of benzene rings is 1. The summed E-state index contributed by atoms with van der Waals surface area (Å²) < 4.78 is 0. The number of piperazine rings is 2. The van der Waals surface area contributed by atoms with Crippen LogP contribution in [0.3, 0.4) is 0 Å². The van der Waals surface area contributed by atoms with Crippen molar-refractivity contribution in [1.82, 2.24) is 30.0 Å². The van der Waals surface area contributed by atoms with E-state index < -0.39 is 6.09 Å². The summed E-state index contributed by atoms with van der Waals surface area (Å²) >= 11 is 0. The van der Waals surface area contributed by atoms with Gasteiger partial charge in [-0.05, 0) is 32.9 Å². The molecule has 11 heteroatoms. The highest BCUT2D eigenvalue weighted by Crippen LogP contribution is 2.29. The number of carboxylic acid groups (broad SMARTS) is 1. The van der Waals surface area contributed by atoms with E-state index in [0.29, 0.717) is 19.0 Å². The van der Waals surface area contributed by atoms with Crippen LogP contribution in [-0.2, 0) is 0 Å². The maximum atomic E-state index is 11.5. The molecule has 1 unspecified atom stereocenters. The minimum absolute atomic E-state index is 0.0437. The number of rotatable bonds is 5. The van der Waals surface area contributed by atoms with Gasteiger partial charge >= 0.3 is 6.09 Å². The predicted molar refractivity (Wildman–Crippen MR) is 138 cm³/mol. The van der Waals surface area contributed by atoms with E-state index in [9.17, 15) is 15.0 Å². The fraction of sp³-hybridized carbons (Fsp3) is 0.520. The van der Waals surface area contributed by atoms with Crippen LogP contribution >= 0.6 is 0 Å². The number of aliphatic hydroxyl groups is 1. The molecular formula is C25H34N8O3. The van der Waals surface area contributed by atoms with Crippen molar-refractivity contribution in [3.63, 3.8) is 0 Å². The molecule has 2 aromatic heterocycles. The Kier molecular flexibility index (Phi) is 6.67. The van der Waals surface area contributed by atoms with Crippen LogP contribution < -0.4 is 9.80 Å². The molecule has 0 bridgehead atoms. The van der Waals surface area contributed by atoms with Crippen molar-refractivity contribution in [2.45, 2.75) is 38.9 Å². The monoisotopic (exact) mass is 494 g/mol. The Morgan fingerprint density at radius 1 is 1.11 bits per heavy atom. The number of aromatic nitrogens is 4. The van der Waals surface area contributed by atoms with Gasteiger partial charge in [0, 0.05) is 68.6 Å².